The summed E-state index contributed by atoms with van der Waals surface area (Å²) in [5.41, 5.74) is 0.850. The van der Waals surface area contributed by atoms with E-state index in [0.717, 1.165) is 5.56 Å². The molecule has 0 spiro atoms. The van der Waals surface area contributed by atoms with Crippen LogP contribution in [0, 0.1) is 0 Å². The fourth-order valence-corrected chi connectivity index (χ4v) is 2.97. The van der Waals surface area contributed by atoms with Crippen molar-refractivity contribution in [1.82, 2.24) is 10.2 Å². The number of nitrogens with one attached hydrogen (secondary N) is 1. The Hall–Kier alpha value is -1.30. The first-order valence-electron chi connectivity index (χ1n) is 6.65. The minimum Gasteiger partial charge on any atom is -0.481 e. The van der Waals surface area contributed by atoms with E-state index in [1.54, 1.807) is 23.1 Å². The number of benzene rings is 1. The molecule has 5 nitrogen and oxygen atoms in total. The molecule has 0 radical (unpaired) electrons. The van der Waals surface area contributed by atoms with Gasteiger partial charge in [0.15, 0.2) is 0 Å². The molecule has 114 valence electrons. The highest BCUT2D eigenvalue weighted by atomic mass is 35.5. The molecule has 1 atom stereocenters. The van der Waals surface area contributed by atoms with Crippen LogP contribution in [0.5, 0.6) is 0 Å². The lowest BCUT2D eigenvalue weighted by molar-refractivity contribution is -0.142. The Kier molecular flexibility index (Phi) is 5.45. The predicted molar refractivity (Wildman–Crippen MR) is 80.7 cm³/mol. The Morgan fingerprint density at radius 1 is 1.24 bits per heavy atom. The van der Waals surface area contributed by atoms with Gasteiger partial charge in [-0.25, -0.2) is 0 Å². The Bertz CT molecular complexity index is 531. The van der Waals surface area contributed by atoms with Gasteiger partial charge in [-0.15, -0.1) is 0 Å². The fraction of sp³-hybridized carbons (Fsp3) is 0.429. The van der Waals surface area contributed by atoms with E-state index >= 15 is 0 Å². The first kappa shape index (κ1) is 16.1. The number of carboxylic acid groups (broad SMARTS) is 1. The third kappa shape index (κ3) is 4.33. The molecule has 1 unspecified atom stereocenters. The molecule has 1 saturated heterocycles. The van der Waals surface area contributed by atoms with Gasteiger partial charge in [0.05, 0.1) is 12.5 Å². The van der Waals surface area contributed by atoms with E-state index < -0.39 is 5.97 Å². The van der Waals surface area contributed by atoms with Crippen LogP contribution in [-0.2, 0) is 9.59 Å². The Balaban J connectivity index is 2.18. The van der Waals surface area contributed by atoms with Crippen LogP contribution in [0.4, 0.5) is 0 Å². The summed E-state index contributed by atoms with van der Waals surface area (Å²) < 4.78 is 0. The topological polar surface area (TPSA) is 69.6 Å². The second kappa shape index (κ2) is 7.11. The molecule has 1 aliphatic rings. The number of piperazine rings is 1. The standard InChI is InChI=1S/C14H16Cl2N2O3/c15-10-5-9(6-11(16)7-10)12-8-17-3-4-18(12)13(19)1-2-14(20)21/h5-7,12,17H,1-4,8H2,(H,20,21). The number of rotatable bonds is 4. The largest absolute Gasteiger partial charge is 0.481 e. The third-order valence-electron chi connectivity index (χ3n) is 3.39. The SMILES string of the molecule is O=C(O)CCC(=O)N1CCNCC1c1cc(Cl)cc(Cl)c1. The van der Waals surface area contributed by atoms with Crippen molar-refractivity contribution >= 4 is 35.1 Å². The van der Waals surface area contributed by atoms with Crippen molar-refractivity contribution in [3.8, 4) is 0 Å². The maximum atomic E-state index is 12.2. The number of hydrogen-bond acceptors (Lipinski definition) is 3. The number of hydrogen-bond donors (Lipinski definition) is 2. The monoisotopic (exact) mass is 330 g/mol. The molecule has 0 saturated carbocycles. The number of carboxylic acids is 1. The van der Waals surface area contributed by atoms with Crippen molar-refractivity contribution in [2.75, 3.05) is 19.6 Å². The van der Waals surface area contributed by atoms with E-state index in [2.05, 4.69) is 5.32 Å². The molecule has 21 heavy (non-hydrogen) atoms. The van der Waals surface area contributed by atoms with Crippen molar-refractivity contribution in [2.45, 2.75) is 18.9 Å². The molecule has 7 heteroatoms. The Labute approximate surface area is 132 Å². The summed E-state index contributed by atoms with van der Waals surface area (Å²) in [6.45, 7) is 1.81. The van der Waals surface area contributed by atoms with E-state index in [1.807, 2.05) is 0 Å². The summed E-state index contributed by atoms with van der Waals surface area (Å²) in [5, 5.41) is 13.0. The molecule has 0 aromatic heterocycles. The molecule has 0 bridgehead atoms. The van der Waals surface area contributed by atoms with Crippen molar-refractivity contribution in [3.05, 3.63) is 33.8 Å². The lowest BCUT2D eigenvalue weighted by Gasteiger charge is -2.36. The molecule has 1 aromatic carbocycles. The van der Waals surface area contributed by atoms with Gasteiger partial charge in [0.2, 0.25) is 5.91 Å². The maximum Gasteiger partial charge on any atom is 0.303 e. The van der Waals surface area contributed by atoms with Crippen LogP contribution in [-0.4, -0.2) is 41.5 Å². The van der Waals surface area contributed by atoms with Crippen LogP contribution in [0.1, 0.15) is 24.4 Å². The first-order chi connectivity index (χ1) is 9.97. The van der Waals surface area contributed by atoms with E-state index in [1.165, 1.54) is 0 Å². The average Bonchev–Trinajstić information content (AvgIpc) is 2.43. The van der Waals surface area contributed by atoms with Crippen LogP contribution < -0.4 is 5.32 Å². The summed E-state index contributed by atoms with van der Waals surface area (Å²) in [7, 11) is 0. The fourth-order valence-electron chi connectivity index (χ4n) is 2.43. The smallest absolute Gasteiger partial charge is 0.303 e. The van der Waals surface area contributed by atoms with Gasteiger partial charge in [0.1, 0.15) is 0 Å². The van der Waals surface area contributed by atoms with Gasteiger partial charge in [-0.2, -0.15) is 0 Å². The summed E-state index contributed by atoms with van der Waals surface area (Å²) in [6.07, 6.45) is -0.161. The van der Waals surface area contributed by atoms with Gasteiger partial charge < -0.3 is 15.3 Å². The lowest BCUT2D eigenvalue weighted by atomic mass is 10.0. The van der Waals surface area contributed by atoms with Crippen LogP contribution in [0.15, 0.2) is 18.2 Å². The zero-order valence-corrected chi connectivity index (χ0v) is 12.8. The van der Waals surface area contributed by atoms with Crippen LogP contribution in [0.3, 0.4) is 0 Å². The normalized spacial score (nSPS) is 18.6. The van der Waals surface area contributed by atoms with Crippen molar-refractivity contribution in [3.63, 3.8) is 0 Å². The number of carbonyl (C=O) groups is 2. The van der Waals surface area contributed by atoms with Gasteiger partial charge in [0, 0.05) is 36.1 Å². The van der Waals surface area contributed by atoms with Gasteiger partial charge in [-0.1, -0.05) is 23.2 Å². The number of amides is 1. The molecular formula is C14H16Cl2N2O3. The number of aliphatic carboxylic acids is 1. The quantitative estimate of drug-likeness (QED) is 0.888. The molecule has 1 aromatic rings. The number of carbonyl (C=O) groups excluding carboxylic acids is 1. The molecule has 1 fully saturated rings. The minimum atomic E-state index is -0.971. The molecule has 2 N–H and O–H groups in total. The highest BCUT2D eigenvalue weighted by Crippen LogP contribution is 2.28. The summed E-state index contributed by atoms with van der Waals surface area (Å²) in [6, 6.07) is 5.01. The van der Waals surface area contributed by atoms with Crippen LogP contribution in [0.25, 0.3) is 0 Å². The summed E-state index contributed by atoms with van der Waals surface area (Å²) in [5.74, 6) is -1.14. The highest BCUT2D eigenvalue weighted by molar-refractivity contribution is 6.34. The zero-order chi connectivity index (χ0) is 15.4. The van der Waals surface area contributed by atoms with Gasteiger partial charge in [-0.3, -0.25) is 9.59 Å². The Morgan fingerprint density at radius 3 is 2.52 bits per heavy atom. The second-order valence-electron chi connectivity index (χ2n) is 4.90. The number of nitrogens with zero attached hydrogens (tertiary/aromatic N) is 1. The van der Waals surface area contributed by atoms with Crippen LogP contribution in [0.2, 0.25) is 10.0 Å². The molecule has 1 aliphatic heterocycles. The highest BCUT2D eigenvalue weighted by Gasteiger charge is 2.28. The third-order valence-corrected chi connectivity index (χ3v) is 3.82. The Morgan fingerprint density at radius 2 is 1.90 bits per heavy atom. The zero-order valence-electron chi connectivity index (χ0n) is 11.3. The number of halogens is 2. The molecule has 2 rings (SSSR count). The molecule has 1 heterocycles. The first-order valence-corrected chi connectivity index (χ1v) is 7.41. The van der Waals surface area contributed by atoms with E-state index in [0.29, 0.717) is 29.7 Å². The average molecular weight is 331 g/mol. The molecular weight excluding hydrogens is 315 g/mol. The van der Waals surface area contributed by atoms with E-state index in [9.17, 15) is 9.59 Å². The molecule has 1 amide bonds. The van der Waals surface area contributed by atoms with E-state index in [-0.39, 0.29) is 24.8 Å². The summed E-state index contributed by atoms with van der Waals surface area (Å²) in [4.78, 5) is 24.5. The minimum absolute atomic E-state index is 0.000130. The molecule has 0 aliphatic carbocycles. The lowest BCUT2D eigenvalue weighted by Crippen LogP contribution is -2.48. The van der Waals surface area contributed by atoms with Gasteiger partial charge >= 0.3 is 5.97 Å². The predicted octanol–water partition coefficient (Wildman–Crippen LogP) is 2.33. The van der Waals surface area contributed by atoms with Crippen molar-refractivity contribution < 1.29 is 14.7 Å². The van der Waals surface area contributed by atoms with Crippen LogP contribution >= 0.6 is 23.2 Å². The maximum absolute atomic E-state index is 12.2. The van der Waals surface area contributed by atoms with Crippen molar-refractivity contribution in [2.24, 2.45) is 0 Å². The second-order valence-corrected chi connectivity index (χ2v) is 5.78. The summed E-state index contributed by atoms with van der Waals surface area (Å²) >= 11 is 12.0. The van der Waals surface area contributed by atoms with E-state index in [4.69, 9.17) is 28.3 Å². The van der Waals surface area contributed by atoms with Gasteiger partial charge in [-0.05, 0) is 23.8 Å². The van der Waals surface area contributed by atoms with Crippen molar-refractivity contribution in [1.29, 1.82) is 0 Å². The van der Waals surface area contributed by atoms with Gasteiger partial charge in [0.25, 0.3) is 0 Å².